The van der Waals surface area contributed by atoms with Gasteiger partial charge in [0, 0.05) is 31.0 Å². The maximum atomic E-state index is 5.45. The fourth-order valence-corrected chi connectivity index (χ4v) is 2.83. The maximum Gasteiger partial charge on any atom is 0.0669 e. The lowest BCUT2D eigenvalue weighted by atomic mass is 10.1. The van der Waals surface area contributed by atoms with Crippen molar-refractivity contribution in [3.8, 4) is 0 Å². The number of nitrogens with one attached hydrogen (secondary N) is 1. The van der Waals surface area contributed by atoms with Crippen LogP contribution in [0.5, 0.6) is 0 Å². The maximum absolute atomic E-state index is 5.45. The Bertz CT molecular complexity index is 381. The molecule has 1 aliphatic rings. The molecule has 2 rings (SSSR count). The number of hydrogen-bond donors (Lipinski definition) is 1. The molecule has 1 aromatic rings. The first-order chi connectivity index (χ1) is 8.81. The van der Waals surface area contributed by atoms with Gasteiger partial charge in [0.2, 0.25) is 0 Å². The van der Waals surface area contributed by atoms with Crippen molar-refractivity contribution >= 4 is 0 Å². The van der Waals surface area contributed by atoms with Crippen LogP contribution in [0.25, 0.3) is 0 Å². The molecule has 1 N–H and O–H groups in total. The van der Waals surface area contributed by atoms with Crippen LogP contribution in [-0.2, 0) is 24.1 Å². The molecule has 0 radical (unpaired) electrons. The number of ether oxygens (including phenoxy) is 1. The van der Waals surface area contributed by atoms with Crippen molar-refractivity contribution in [2.75, 3.05) is 20.3 Å². The van der Waals surface area contributed by atoms with Gasteiger partial charge < -0.3 is 10.1 Å². The van der Waals surface area contributed by atoms with E-state index in [4.69, 9.17) is 9.84 Å². The highest BCUT2D eigenvalue weighted by atomic mass is 16.5. The molecule has 0 bridgehead atoms. The lowest BCUT2D eigenvalue weighted by Gasteiger charge is -2.24. The van der Waals surface area contributed by atoms with E-state index in [0.717, 1.165) is 45.4 Å². The van der Waals surface area contributed by atoms with Gasteiger partial charge >= 0.3 is 0 Å². The van der Waals surface area contributed by atoms with Crippen LogP contribution in [0.15, 0.2) is 0 Å². The predicted molar refractivity (Wildman–Crippen MR) is 72.8 cm³/mol. The van der Waals surface area contributed by atoms with E-state index in [1.165, 1.54) is 17.0 Å². The van der Waals surface area contributed by atoms with Crippen LogP contribution in [0.1, 0.15) is 49.7 Å². The molecule has 4 heteroatoms. The predicted octanol–water partition coefficient (Wildman–Crippen LogP) is 2.08. The summed E-state index contributed by atoms with van der Waals surface area (Å²) >= 11 is 0. The van der Waals surface area contributed by atoms with E-state index in [-0.39, 0.29) is 0 Å². The molecule has 102 valence electrons. The number of nitrogens with zero attached hydrogens (tertiary/aromatic N) is 2. The van der Waals surface area contributed by atoms with Crippen molar-refractivity contribution in [2.24, 2.45) is 0 Å². The zero-order valence-corrected chi connectivity index (χ0v) is 11.8. The van der Waals surface area contributed by atoms with Crippen LogP contribution in [-0.4, -0.2) is 30.0 Å². The first-order valence-corrected chi connectivity index (χ1v) is 7.13. The summed E-state index contributed by atoms with van der Waals surface area (Å²) in [4.78, 5) is 0. The second-order valence-electron chi connectivity index (χ2n) is 4.90. The second kappa shape index (κ2) is 6.34. The van der Waals surface area contributed by atoms with E-state index in [1.54, 1.807) is 0 Å². The molecule has 0 aromatic carbocycles. The third kappa shape index (κ3) is 2.59. The first-order valence-electron chi connectivity index (χ1n) is 7.13. The minimum atomic E-state index is 0.532. The fraction of sp³-hybridized carbons (Fsp3) is 0.786. The average Bonchev–Trinajstić information content (AvgIpc) is 2.78. The lowest BCUT2D eigenvalue weighted by Crippen LogP contribution is -2.22. The van der Waals surface area contributed by atoms with Gasteiger partial charge in [-0.3, -0.25) is 4.68 Å². The molecular formula is C14H25N3O. The van der Waals surface area contributed by atoms with Crippen molar-refractivity contribution in [3.63, 3.8) is 0 Å². The van der Waals surface area contributed by atoms with Crippen LogP contribution in [0, 0.1) is 0 Å². The van der Waals surface area contributed by atoms with Crippen molar-refractivity contribution < 1.29 is 4.74 Å². The molecule has 0 aliphatic carbocycles. The molecule has 1 saturated heterocycles. The monoisotopic (exact) mass is 251 g/mol. The molecule has 1 aliphatic heterocycles. The lowest BCUT2D eigenvalue weighted by molar-refractivity contribution is 0.0653. The number of aryl methyl sites for hydroxylation is 1. The van der Waals surface area contributed by atoms with Gasteiger partial charge in [0.05, 0.1) is 11.7 Å². The number of hydrogen-bond acceptors (Lipinski definition) is 3. The Morgan fingerprint density at radius 1 is 1.28 bits per heavy atom. The molecule has 0 saturated carbocycles. The summed E-state index contributed by atoms with van der Waals surface area (Å²) in [6, 6.07) is 0.532. The SMILES string of the molecule is CCc1nn(C2CCOCC2)c(CC)c1CNC. The summed E-state index contributed by atoms with van der Waals surface area (Å²) in [6.45, 7) is 7.09. The van der Waals surface area contributed by atoms with Gasteiger partial charge in [-0.15, -0.1) is 0 Å². The molecule has 1 fully saturated rings. The highest BCUT2D eigenvalue weighted by molar-refractivity contribution is 5.27. The van der Waals surface area contributed by atoms with Gasteiger partial charge in [-0.05, 0) is 32.7 Å². The van der Waals surface area contributed by atoms with Gasteiger partial charge in [-0.1, -0.05) is 13.8 Å². The molecule has 18 heavy (non-hydrogen) atoms. The van der Waals surface area contributed by atoms with Crippen LogP contribution in [0.2, 0.25) is 0 Å². The molecule has 0 amide bonds. The van der Waals surface area contributed by atoms with E-state index in [9.17, 15) is 0 Å². The summed E-state index contributed by atoms with van der Waals surface area (Å²) in [6.07, 6.45) is 4.26. The summed E-state index contributed by atoms with van der Waals surface area (Å²) in [5.41, 5.74) is 4.08. The van der Waals surface area contributed by atoms with Crippen molar-refractivity contribution in [1.29, 1.82) is 0 Å². The quantitative estimate of drug-likeness (QED) is 0.871. The molecule has 2 heterocycles. The largest absolute Gasteiger partial charge is 0.381 e. The zero-order chi connectivity index (χ0) is 13.0. The highest BCUT2D eigenvalue weighted by Crippen LogP contribution is 2.26. The van der Waals surface area contributed by atoms with Crippen molar-refractivity contribution in [3.05, 3.63) is 17.0 Å². The van der Waals surface area contributed by atoms with Crippen LogP contribution >= 0.6 is 0 Å². The Morgan fingerprint density at radius 2 is 2.00 bits per heavy atom. The summed E-state index contributed by atoms with van der Waals surface area (Å²) < 4.78 is 7.74. The third-order valence-corrected chi connectivity index (χ3v) is 3.76. The average molecular weight is 251 g/mol. The van der Waals surface area contributed by atoms with Gasteiger partial charge in [-0.25, -0.2) is 0 Å². The van der Waals surface area contributed by atoms with Crippen molar-refractivity contribution in [2.45, 2.75) is 52.1 Å². The Morgan fingerprint density at radius 3 is 2.56 bits per heavy atom. The van der Waals surface area contributed by atoms with Crippen molar-refractivity contribution in [1.82, 2.24) is 15.1 Å². The number of rotatable bonds is 5. The van der Waals surface area contributed by atoms with E-state index in [1.807, 2.05) is 7.05 Å². The van der Waals surface area contributed by atoms with Gasteiger partial charge in [0.15, 0.2) is 0 Å². The van der Waals surface area contributed by atoms with Crippen LogP contribution in [0.3, 0.4) is 0 Å². The van der Waals surface area contributed by atoms with E-state index < -0.39 is 0 Å². The molecule has 0 spiro atoms. The van der Waals surface area contributed by atoms with Gasteiger partial charge in [0.1, 0.15) is 0 Å². The Balaban J connectivity index is 2.33. The molecule has 0 atom stereocenters. The first kappa shape index (κ1) is 13.6. The topological polar surface area (TPSA) is 39.1 Å². The standard InChI is InChI=1S/C14H25N3O/c1-4-13-12(10-15-3)14(5-2)17(16-13)11-6-8-18-9-7-11/h11,15H,4-10H2,1-3H3. The normalized spacial score (nSPS) is 17.3. The third-order valence-electron chi connectivity index (χ3n) is 3.76. The second-order valence-corrected chi connectivity index (χ2v) is 4.90. The van der Waals surface area contributed by atoms with E-state index >= 15 is 0 Å². The fourth-order valence-electron chi connectivity index (χ4n) is 2.83. The summed E-state index contributed by atoms with van der Waals surface area (Å²) in [5.74, 6) is 0. The Hall–Kier alpha value is -0.870. The van der Waals surface area contributed by atoms with Gasteiger partial charge in [-0.2, -0.15) is 5.10 Å². The molecule has 0 unspecified atom stereocenters. The molecule has 4 nitrogen and oxygen atoms in total. The van der Waals surface area contributed by atoms with Gasteiger partial charge in [0.25, 0.3) is 0 Å². The molecule has 1 aromatic heterocycles. The van der Waals surface area contributed by atoms with E-state index in [2.05, 4.69) is 23.8 Å². The minimum absolute atomic E-state index is 0.532. The van der Waals surface area contributed by atoms with Crippen LogP contribution in [0.4, 0.5) is 0 Å². The Kier molecular flexibility index (Phi) is 4.78. The summed E-state index contributed by atoms with van der Waals surface area (Å²) in [5, 5.41) is 8.13. The Labute approximate surface area is 110 Å². The zero-order valence-electron chi connectivity index (χ0n) is 11.8. The van der Waals surface area contributed by atoms with Crippen LogP contribution < -0.4 is 5.32 Å². The molecular weight excluding hydrogens is 226 g/mol. The minimum Gasteiger partial charge on any atom is -0.381 e. The number of aromatic nitrogens is 2. The highest BCUT2D eigenvalue weighted by Gasteiger charge is 2.22. The van der Waals surface area contributed by atoms with E-state index in [0.29, 0.717) is 6.04 Å². The summed E-state index contributed by atoms with van der Waals surface area (Å²) in [7, 11) is 2.00. The smallest absolute Gasteiger partial charge is 0.0669 e.